The van der Waals surface area contributed by atoms with Crippen LogP contribution in [0, 0.1) is 11.7 Å². The maximum atomic E-state index is 13.6. The molecule has 6 heteroatoms. The van der Waals surface area contributed by atoms with Crippen molar-refractivity contribution in [3.8, 4) is 0 Å². The average Bonchev–Trinajstić information content (AvgIpc) is 2.29. The van der Waals surface area contributed by atoms with E-state index < -0.39 is 15.8 Å². The molecular weight excluding hydrogens is 345 g/mol. The van der Waals surface area contributed by atoms with E-state index in [9.17, 15) is 12.8 Å². The van der Waals surface area contributed by atoms with Crippen molar-refractivity contribution in [2.24, 2.45) is 5.92 Å². The van der Waals surface area contributed by atoms with Gasteiger partial charge in [-0.1, -0.05) is 35.8 Å². The second-order valence-electron chi connectivity index (χ2n) is 5.48. The van der Waals surface area contributed by atoms with E-state index in [4.69, 9.17) is 0 Å². The van der Waals surface area contributed by atoms with Crippen LogP contribution < -0.4 is 4.72 Å². The van der Waals surface area contributed by atoms with Crippen molar-refractivity contribution in [2.45, 2.75) is 45.4 Å². The first-order chi connectivity index (χ1) is 9.19. The fourth-order valence-electron chi connectivity index (χ4n) is 1.83. The van der Waals surface area contributed by atoms with E-state index in [1.165, 1.54) is 12.1 Å². The van der Waals surface area contributed by atoms with Crippen LogP contribution in [0.4, 0.5) is 4.39 Å². The highest BCUT2D eigenvalue weighted by Crippen LogP contribution is 2.17. The first kappa shape index (κ1) is 17.6. The number of hydrogen-bond donors (Lipinski definition) is 1. The Bertz CT molecular complexity index is 546. The van der Waals surface area contributed by atoms with Gasteiger partial charge in [0.05, 0.1) is 5.75 Å². The van der Waals surface area contributed by atoms with Crippen LogP contribution in [0.25, 0.3) is 0 Å². The van der Waals surface area contributed by atoms with Gasteiger partial charge in [0, 0.05) is 16.1 Å². The molecule has 0 saturated heterocycles. The molecule has 0 saturated carbocycles. The number of nitrogens with one attached hydrogen (secondary N) is 1. The van der Waals surface area contributed by atoms with E-state index in [-0.39, 0.29) is 17.4 Å². The Morgan fingerprint density at radius 3 is 2.45 bits per heavy atom. The van der Waals surface area contributed by atoms with Crippen molar-refractivity contribution >= 4 is 26.0 Å². The minimum Gasteiger partial charge on any atom is -0.212 e. The Balaban J connectivity index is 2.65. The number of sulfonamides is 1. The summed E-state index contributed by atoms with van der Waals surface area (Å²) in [5.74, 6) is -0.316. The summed E-state index contributed by atoms with van der Waals surface area (Å²) in [4.78, 5) is 0. The van der Waals surface area contributed by atoms with Crippen molar-refractivity contribution in [3.05, 3.63) is 34.1 Å². The minimum absolute atomic E-state index is 0.138. The lowest BCUT2D eigenvalue weighted by atomic mass is 10.1. The summed E-state index contributed by atoms with van der Waals surface area (Å²) >= 11 is 3.15. The quantitative estimate of drug-likeness (QED) is 0.797. The largest absolute Gasteiger partial charge is 0.216 e. The van der Waals surface area contributed by atoms with Gasteiger partial charge in [0.15, 0.2) is 0 Å². The van der Waals surface area contributed by atoms with E-state index in [0.29, 0.717) is 10.4 Å². The van der Waals surface area contributed by atoms with Gasteiger partial charge in [0.2, 0.25) is 10.0 Å². The molecule has 1 N–H and O–H groups in total. The van der Waals surface area contributed by atoms with Crippen LogP contribution in [0.3, 0.4) is 0 Å². The molecule has 1 rings (SSSR count). The average molecular weight is 366 g/mol. The Labute approximate surface area is 129 Å². The van der Waals surface area contributed by atoms with Gasteiger partial charge in [-0.25, -0.2) is 17.5 Å². The summed E-state index contributed by atoms with van der Waals surface area (Å²) in [6, 6.07) is 4.25. The third-order valence-electron chi connectivity index (χ3n) is 2.92. The standard InChI is InChI=1S/C14H21BrFNO2S/c1-10(2)4-5-11(3)17-20(18,19)9-12-6-7-13(15)8-14(12)16/h6-8,10-11,17H,4-5,9H2,1-3H3/t11-/m1/s1. The first-order valence-electron chi connectivity index (χ1n) is 6.63. The molecule has 0 radical (unpaired) electrons. The van der Waals surface area contributed by atoms with Gasteiger partial charge < -0.3 is 0 Å². The van der Waals surface area contributed by atoms with E-state index in [1.54, 1.807) is 6.07 Å². The third-order valence-corrected chi connectivity index (χ3v) is 4.86. The van der Waals surface area contributed by atoms with Gasteiger partial charge in [0.1, 0.15) is 5.82 Å². The molecule has 0 aliphatic carbocycles. The summed E-state index contributed by atoms with van der Waals surface area (Å²) in [5, 5.41) is 0. The van der Waals surface area contributed by atoms with E-state index in [2.05, 4.69) is 34.5 Å². The Morgan fingerprint density at radius 1 is 1.25 bits per heavy atom. The molecule has 0 unspecified atom stereocenters. The van der Waals surface area contributed by atoms with Crippen LogP contribution in [0.15, 0.2) is 22.7 Å². The summed E-state index contributed by atoms with van der Waals surface area (Å²) in [6.07, 6.45) is 1.73. The topological polar surface area (TPSA) is 46.2 Å². The van der Waals surface area contributed by atoms with Crippen molar-refractivity contribution in [2.75, 3.05) is 0 Å². The zero-order chi connectivity index (χ0) is 15.3. The van der Waals surface area contributed by atoms with Crippen LogP contribution in [0.5, 0.6) is 0 Å². The van der Waals surface area contributed by atoms with Gasteiger partial charge in [-0.2, -0.15) is 0 Å². The van der Waals surface area contributed by atoms with Gasteiger partial charge in [0.25, 0.3) is 0 Å². The highest BCUT2D eigenvalue weighted by molar-refractivity contribution is 9.10. The first-order valence-corrected chi connectivity index (χ1v) is 9.08. The van der Waals surface area contributed by atoms with Gasteiger partial charge in [-0.15, -0.1) is 0 Å². The molecule has 1 aromatic carbocycles. The summed E-state index contributed by atoms with van der Waals surface area (Å²) < 4.78 is 40.8. The fraction of sp³-hybridized carbons (Fsp3) is 0.571. The fourth-order valence-corrected chi connectivity index (χ4v) is 3.62. The van der Waals surface area contributed by atoms with E-state index in [1.807, 2.05) is 6.92 Å². The van der Waals surface area contributed by atoms with Crippen LogP contribution >= 0.6 is 15.9 Å². The zero-order valence-corrected chi connectivity index (χ0v) is 14.4. The van der Waals surface area contributed by atoms with Gasteiger partial charge >= 0.3 is 0 Å². The lowest BCUT2D eigenvalue weighted by Gasteiger charge is -2.15. The van der Waals surface area contributed by atoms with E-state index in [0.717, 1.165) is 12.8 Å². The summed E-state index contributed by atoms with van der Waals surface area (Å²) in [5.41, 5.74) is 0.178. The Hall–Kier alpha value is -0.460. The molecule has 0 aromatic heterocycles. The predicted molar refractivity (Wildman–Crippen MR) is 83.4 cm³/mol. The highest BCUT2D eigenvalue weighted by atomic mass is 79.9. The monoisotopic (exact) mass is 365 g/mol. The van der Waals surface area contributed by atoms with Gasteiger partial charge in [-0.3, -0.25) is 0 Å². The smallest absolute Gasteiger partial charge is 0.212 e. The van der Waals surface area contributed by atoms with Crippen LogP contribution in [0.1, 0.15) is 39.2 Å². The lowest BCUT2D eigenvalue weighted by Crippen LogP contribution is -2.33. The molecule has 20 heavy (non-hydrogen) atoms. The van der Waals surface area contributed by atoms with Crippen molar-refractivity contribution in [1.82, 2.24) is 4.72 Å². The third kappa shape index (κ3) is 6.33. The van der Waals surface area contributed by atoms with Crippen LogP contribution in [0.2, 0.25) is 0 Å². The maximum absolute atomic E-state index is 13.6. The van der Waals surface area contributed by atoms with Crippen molar-refractivity contribution in [3.63, 3.8) is 0 Å². The number of hydrogen-bond acceptors (Lipinski definition) is 2. The van der Waals surface area contributed by atoms with Crippen LogP contribution in [-0.2, 0) is 15.8 Å². The molecule has 1 aromatic rings. The number of rotatable bonds is 7. The highest BCUT2D eigenvalue weighted by Gasteiger charge is 2.17. The van der Waals surface area contributed by atoms with E-state index >= 15 is 0 Å². The molecule has 0 spiro atoms. The molecule has 3 nitrogen and oxygen atoms in total. The Morgan fingerprint density at radius 2 is 1.90 bits per heavy atom. The van der Waals surface area contributed by atoms with Gasteiger partial charge in [-0.05, 0) is 37.8 Å². The normalized spacial score (nSPS) is 13.7. The minimum atomic E-state index is -3.52. The second-order valence-corrected chi connectivity index (χ2v) is 8.15. The molecule has 0 bridgehead atoms. The zero-order valence-electron chi connectivity index (χ0n) is 12.0. The molecule has 1 atom stereocenters. The number of halogens is 2. The number of benzene rings is 1. The van der Waals surface area contributed by atoms with Crippen molar-refractivity contribution < 1.29 is 12.8 Å². The molecule has 0 fully saturated rings. The molecule has 0 heterocycles. The summed E-state index contributed by atoms with van der Waals surface area (Å²) in [7, 11) is -3.52. The molecule has 0 aliphatic rings. The maximum Gasteiger partial charge on any atom is 0.216 e. The Kier molecular flexibility index (Phi) is 6.61. The lowest BCUT2D eigenvalue weighted by molar-refractivity contribution is 0.484. The molecule has 0 aliphatic heterocycles. The second kappa shape index (κ2) is 7.52. The molecular formula is C14H21BrFNO2S. The van der Waals surface area contributed by atoms with Crippen molar-refractivity contribution in [1.29, 1.82) is 0 Å². The predicted octanol–water partition coefficient (Wildman–Crippen LogP) is 3.83. The summed E-state index contributed by atoms with van der Waals surface area (Å²) in [6.45, 7) is 6.02. The van der Waals surface area contributed by atoms with Crippen LogP contribution in [-0.4, -0.2) is 14.5 Å². The molecule has 114 valence electrons. The molecule has 0 amide bonds. The SMILES string of the molecule is CC(C)CC[C@@H](C)NS(=O)(=O)Cc1ccc(Br)cc1F.